The first-order valence-electron chi connectivity index (χ1n) is 6.80. The number of carboxylic acids is 1. The number of likely N-dealkylation sites (N-methyl/N-ethyl adjacent to an activating group) is 1. The molecular weight excluding hydrogens is 242 g/mol. The molecule has 0 aromatic heterocycles. The highest BCUT2D eigenvalue weighted by Gasteiger charge is 2.18. The van der Waals surface area contributed by atoms with Crippen molar-refractivity contribution in [3.63, 3.8) is 0 Å². The van der Waals surface area contributed by atoms with Crippen LogP contribution in [-0.4, -0.2) is 42.7 Å². The van der Waals surface area contributed by atoms with E-state index in [9.17, 15) is 4.79 Å². The fourth-order valence-corrected chi connectivity index (χ4v) is 2.25. The quantitative estimate of drug-likeness (QED) is 0.821. The zero-order valence-corrected chi connectivity index (χ0v) is 11.3. The lowest BCUT2D eigenvalue weighted by molar-refractivity contribution is 0.0696. The third-order valence-electron chi connectivity index (χ3n) is 3.62. The maximum atomic E-state index is 10.8. The van der Waals surface area contributed by atoms with Crippen molar-refractivity contribution in [3.05, 3.63) is 29.8 Å². The lowest BCUT2D eigenvalue weighted by Crippen LogP contribution is -2.32. The number of aromatic carboxylic acids is 1. The van der Waals surface area contributed by atoms with Gasteiger partial charge >= 0.3 is 5.97 Å². The summed E-state index contributed by atoms with van der Waals surface area (Å²) in [5, 5.41) is 8.89. The molecule has 1 saturated carbocycles. The van der Waals surface area contributed by atoms with Gasteiger partial charge < -0.3 is 14.7 Å². The van der Waals surface area contributed by atoms with Gasteiger partial charge in [-0.3, -0.25) is 0 Å². The van der Waals surface area contributed by atoms with Crippen molar-refractivity contribution < 1.29 is 14.6 Å². The molecule has 1 aliphatic rings. The zero-order valence-electron chi connectivity index (χ0n) is 11.3. The first-order valence-corrected chi connectivity index (χ1v) is 6.80. The number of rotatable bonds is 7. The molecule has 0 saturated heterocycles. The highest BCUT2D eigenvalue weighted by Crippen LogP contribution is 2.26. The number of carboxylic acid groups (broad SMARTS) is 1. The van der Waals surface area contributed by atoms with Gasteiger partial charge in [-0.2, -0.15) is 0 Å². The lowest BCUT2D eigenvalue weighted by Gasteiger charge is -2.30. The van der Waals surface area contributed by atoms with Gasteiger partial charge in [-0.1, -0.05) is 12.5 Å². The minimum atomic E-state index is -0.924. The molecule has 1 aromatic carbocycles. The normalized spacial score (nSPS) is 15.3. The van der Waals surface area contributed by atoms with E-state index in [-0.39, 0.29) is 5.56 Å². The molecule has 0 amide bonds. The fraction of sp³-hybridized carbons (Fsp3) is 0.533. The second-order valence-electron chi connectivity index (χ2n) is 5.24. The Bertz CT molecular complexity index is 429. The summed E-state index contributed by atoms with van der Waals surface area (Å²) < 4.78 is 5.60. The predicted octanol–water partition coefficient (Wildman–Crippen LogP) is 2.50. The van der Waals surface area contributed by atoms with E-state index < -0.39 is 5.97 Å². The van der Waals surface area contributed by atoms with Crippen molar-refractivity contribution in [1.82, 2.24) is 4.90 Å². The van der Waals surface area contributed by atoms with E-state index >= 15 is 0 Å². The van der Waals surface area contributed by atoms with Crippen molar-refractivity contribution >= 4 is 5.97 Å². The highest BCUT2D eigenvalue weighted by molar-refractivity contribution is 5.87. The lowest BCUT2D eigenvalue weighted by atomic mass is 9.85. The van der Waals surface area contributed by atoms with Crippen LogP contribution in [0.4, 0.5) is 0 Å². The van der Waals surface area contributed by atoms with Crippen LogP contribution in [0.1, 0.15) is 29.6 Å². The molecule has 1 aliphatic carbocycles. The Morgan fingerprint density at radius 2 is 2.26 bits per heavy atom. The summed E-state index contributed by atoms with van der Waals surface area (Å²) in [6.45, 7) is 2.60. The van der Waals surface area contributed by atoms with E-state index in [1.165, 1.54) is 19.3 Å². The first kappa shape index (κ1) is 13.9. The number of carbonyl (C=O) groups is 1. The van der Waals surface area contributed by atoms with E-state index in [0.29, 0.717) is 12.4 Å². The SMILES string of the molecule is CN(CCOc1cccc(C(=O)O)c1)CC1CCC1. The van der Waals surface area contributed by atoms with E-state index in [1.54, 1.807) is 24.3 Å². The molecule has 2 rings (SSSR count). The first-order chi connectivity index (χ1) is 9.15. The predicted molar refractivity (Wildman–Crippen MR) is 73.7 cm³/mol. The molecule has 0 unspecified atom stereocenters. The van der Waals surface area contributed by atoms with Crippen molar-refractivity contribution in [2.75, 3.05) is 26.7 Å². The Morgan fingerprint density at radius 3 is 2.89 bits per heavy atom. The van der Waals surface area contributed by atoms with E-state index in [1.807, 2.05) is 0 Å². The second kappa shape index (κ2) is 6.57. The average molecular weight is 263 g/mol. The Balaban J connectivity index is 1.72. The molecule has 0 atom stereocenters. The van der Waals surface area contributed by atoms with Gasteiger partial charge in [0.25, 0.3) is 0 Å². The van der Waals surface area contributed by atoms with Crippen LogP contribution in [0.3, 0.4) is 0 Å². The van der Waals surface area contributed by atoms with Crippen LogP contribution in [0.2, 0.25) is 0 Å². The van der Waals surface area contributed by atoms with Crippen LogP contribution in [0, 0.1) is 5.92 Å². The number of hydrogen-bond donors (Lipinski definition) is 1. The Kier molecular flexibility index (Phi) is 4.80. The van der Waals surface area contributed by atoms with Crippen molar-refractivity contribution in [2.45, 2.75) is 19.3 Å². The van der Waals surface area contributed by atoms with Gasteiger partial charge in [0.05, 0.1) is 5.56 Å². The smallest absolute Gasteiger partial charge is 0.335 e. The van der Waals surface area contributed by atoms with E-state index in [4.69, 9.17) is 9.84 Å². The minimum Gasteiger partial charge on any atom is -0.492 e. The summed E-state index contributed by atoms with van der Waals surface area (Å²) in [5.74, 6) is 0.560. The maximum absolute atomic E-state index is 10.8. The molecule has 0 heterocycles. The van der Waals surface area contributed by atoms with Gasteiger partial charge in [0.15, 0.2) is 0 Å². The highest BCUT2D eigenvalue weighted by atomic mass is 16.5. The zero-order chi connectivity index (χ0) is 13.7. The van der Waals surface area contributed by atoms with Gasteiger partial charge in [-0.25, -0.2) is 4.79 Å². The van der Waals surface area contributed by atoms with Crippen LogP contribution in [0.15, 0.2) is 24.3 Å². The molecule has 1 N–H and O–H groups in total. The molecular formula is C15H21NO3. The minimum absolute atomic E-state index is 0.264. The van der Waals surface area contributed by atoms with Crippen molar-refractivity contribution in [1.29, 1.82) is 0 Å². The topological polar surface area (TPSA) is 49.8 Å². The van der Waals surface area contributed by atoms with Crippen molar-refractivity contribution in [2.24, 2.45) is 5.92 Å². The molecule has 0 bridgehead atoms. The van der Waals surface area contributed by atoms with E-state index in [0.717, 1.165) is 19.0 Å². The molecule has 0 spiro atoms. The van der Waals surface area contributed by atoms with Crippen LogP contribution in [0.5, 0.6) is 5.75 Å². The molecule has 0 aliphatic heterocycles. The average Bonchev–Trinajstić information content (AvgIpc) is 2.34. The van der Waals surface area contributed by atoms with Crippen molar-refractivity contribution in [3.8, 4) is 5.75 Å². The number of hydrogen-bond acceptors (Lipinski definition) is 3. The molecule has 1 fully saturated rings. The second-order valence-corrected chi connectivity index (χ2v) is 5.24. The van der Waals surface area contributed by atoms with Crippen LogP contribution < -0.4 is 4.74 Å². The van der Waals surface area contributed by atoms with E-state index in [2.05, 4.69) is 11.9 Å². The summed E-state index contributed by atoms with van der Waals surface area (Å²) in [6.07, 6.45) is 4.08. The summed E-state index contributed by atoms with van der Waals surface area (Å²) in [5.41, 5.74) is 0.264. The summed E-state index contributed by atoms with van der Waals surface area (Å²) in [4.78, 5) is 13.1. The van der Waals surface area contributed by atoms with Gasteiger partial charge in [-0.15, -0.1) is 0 Å². The molecule has 4 heteroatoms. The number of benzene rings is 1. The Morgan fingerprint density at radius 1 is 1.47 bits per heavy atom. The number of nitrogens with zero attached hydrogens (tertiary/aromatic N) is 1. The number of ether oxygens (including phenoxy) is 1. The van der Waals surface area contributed by atoms with Gasteiger partial charge in [0, 0.05) is 13.1 Å². The summed E-state index contributed by atoms with van der Waals surface area (Å²) >= 11 is 0. The van der Waals surface area contributed by atoms with Crippen LogP contribution in [-0.2, 0) is 0 Å². The summed E-state index contributed by atoms with van der Waals surface area (Å²) in [7, 11) is 2.11. The van der Waals surface area contributed by atoms with Gasteiger partial charge in [0.1, 0.15) is 12.4 Å². The monoisotopic (exact) mass is 263 g/mol. The van der Waals surface area contributed by atoms with Crippen LogP contribution >= 0.6 is 0 Å². The molecule has 4 nitrogen and oxygen atoms in total. The van der Waals surface area contributed by atoms with Gasteiger partial charge in [0.2, 0.25) is 0 Å². The molecule has 1 aromatic rings. The maximum Gasteiger partial charge on any atom is 0.335 e. The third-order valence-corrected chi connectivity index (χ3v) is 3.62. The fourth-order valence-electron chi connectivity index (χ4n) is 2.25. The Labute approximate surface area is 114 Å². The van der Waals surface area contributed by atoms with Gasteiger partial charge in [-0.05, 0) is 44.0 Å². The third kappa shape index (κ3) is 4.24. The molecule has 0 radical (unpaired) electrons. The molecule has 19 heavy (non-hydrogen) atoms. The summed E-state index contributed by atoms with van der Waals surface area (Å²) in [6, 6.07) is 6.63. The Hall–Kier alpha value is -1.55. The molecule has 104 valence electrons. The van der Waals surface area contributed by atoms with Crippen LogP contribution in [0.25, 0.3) is 0 Å². The largest absolute Gasteiger partial charge is 0.492 e. The standard InChI is InChI=1S/C15H21NO3/c1-16(11-12-4-2-5-12)8-9-19-14-7-3-6-13(10-14)15(17)18/h3,6-7,10,12H,2,4-5,8-9,11H2,1H3,(H,17,18).